The first kappa shape index (κ1) is 14.2. The number of nitro benzene ring substituents is 1. The van der Waals surface area contributed by atoms with Crippen LogP contribution in [0.15, 0.2) is 18.2 Å². The number of benzene rings is 1. The minimum absolute atomic E-state index is 0.00345. The van der Waals surface area contributed by atoms with Gasteiger partial charge in [-0.25, -0.2) is 4.79 Å². The molecule has 0 saturated carbocycles. The first-order chi connectivity index (χ1) is 8.95. The number of ether oxygens (including phenoxy) is 1. The molecular formula is C12H10N2O5. The Morgan fingerprint density at radius 3 is 2.74 bits per heavy atom. The zero-order valence-corrected chi connectivity index (χ0v) is 10.0. The molecule has 0 atom stereocenters. The summed E-state index contributed by atoms with van der Waals surface area (Å²) in [7, 11) is 0. The third-order valence-corrected chi connectivity index (χ3v) is 2.03. The number of carbonyl (C=O) groups is 2. The van der Waals surface area contributed by atoms with Gasteiger partial charge in [-0.1, -0.05) is 5.92 Å². The topological polar surface area (TPSA) is 98.5 Å². The van der Waals surface area contributed by atoms with Crippen molar-refractivity contribution in [1.29, 1.82) is 0 Å². The van der Waals surface area contributed by atoms with Crippen LogP contribution in [0.2, 0.25) is 0 Å². The molecule has 19 heavy (non-hydrogen) atoms. The van der Waals surface area contributed by atoms with E-state index in [0.717, 1.165) is 12.1 Å². The summed E-state index contributed by atoms with van der Waals surface area (Å²) in [5.41, 5.74) is -0.253. The van der Waals surface area contributed by atoms with Gasteiger partial charge in [0, 0.05) is 19.1 Å². The predicted molar refractivity (Wildman–Crippen MR) is 66.5 cm³/mol. The van der Waals surface area contributed by atoms with E-state index in [2.05, 4.69) is 11.2 Å². The van der Waals surface area contributed by atoms with Crippen LogP contribution < -0.4 is 5.32 Å². The quantitative estimate of drug-likeness (QED) is 0.382. The summed E-state index contributed by atoms with van der Waals surface area (Å²) in [5, 5.41) is 13.0. The molecule has 7 heteroatoms. The fourth-order valence-electron chi connectivity index (χ4n) is 1.30. The van der Waals surface area contributed by atoms with E-state index >= 15 is 0 Å². The maximum atomic E-state index is 11.6. The summed E-state index contributed by atoms with van der Waals surface area (Å²) >= 11 is 0. The highest BCUT2D eigenvalue weighted by Gasteiger charge is 2.17. The summed E-state index contributed by atoms with van der Waals surface area (Å²) in [6, 6.07) is 3.41. The second kappa shape index (κ2) is 6.16. The van der Waals surface area contributed by atoms with Crippen LogP contribution in [0.4, 0.5) is 11.4 Å². The van der Waals surface area contributed by atoms with Crippen LogP contribution in [-0.4, -0.2) is 23.4 Å². The molecule has 1 amide bonds. The molecule has 0 aliphatic rings. The highest BCUT2D eigenvalue weighted by Crippen LogP contribution is 2.23. The number of carbonyl (C=O) groups excluding carboxylic acids is 2. The Morgan fingerprint density at radius 1 is 1.53 bits per heavy atom. The monoisotopic (exact) mass is 262 g/mol. The summed E-state index contributed by atoms with van der Waals surface area (Å²) in [6.45, 7) is 0.991. The van der Waals surface area contributed by atoms with Crippen molar-refractivity contribution in [3.8, 4) is 12.3 Å². The summed E-state index contributed by atoms with van der Waals surface area (Å²) in [5.74, 6) is 0.886. The lowest BCUT2D eigenvalue weighted by Crippen LogP contribution is -2.13. The Kier molecular flexibility index (Phi) is 4.60. The van der Waals surface area contributed by atoms with Gasteiger partial charge in [-0.3, -0.25) is 14.9 Å². The standard InChI is InChI=1S/C12H10N2O5/c1-3-6-19-12(16)10-5-4-9(14(17)18)7-11(10)13-8(2)15/h1,4-5,7H,6H2,2H3,(H,13,15). The molecule has 98 valence electrons. The fourth-order valence-corrected chi connectivity index (χ4v) is 1.30. The minimum atomic E-state index is -0.767. The SMILES string of the molecule is C#CCOC(=O)c1ccc([N+](=O)[O-])cc1NC(C)=O. The van der Waals surface area contributed by atoms with Gasteiger partial charge < -0.3 is 10.1 Å². The minimum Gasteiger partial charge on any atom is -0.449 e. The van der Waals surface area contributed by atoms with Gasteiger partial charge in [0.15, 0.2) is 6.61 Å². The highest BCUT2D eigenvalue weighted by atomic mass is 16.6. The van der Waals surface area contributed by atoms with Crippen molar-refractivity contribution in [2.45, 2.75) is 6.92 Å². The van der Waals surface area contributed by atoms with Crippen molar-refractivity contribution in [1.82, 2.24) is 0 Å². The second-order valence-electron chi connectivity index (χ2n) is 3.45. The van der Waals surface area contributed by atoms with Gasteiger partial charge in [0.2, 0.25) is 5.91 Å². The normalized spacial score (nSPS) is 9.26. The molecule has 0 aliphatic carbocycles. The molecule has 0 saturated heterocycles. The van der Waals surface area contributed by atoms with Crippen LogP contribution in [0.5, 0.6) is 0 Å². The third-order valence-electron chi connectivity index (χ3n) is 2.03. The van der Waals surface area contributed by atoms with E-state index in [-0.39, 0.29) is 23.5 Å². The highest BCUT2D eigenvalue weighted by molar-refractivity contribution is 6.01. The van der Waals surface area contributed by atoms with E-state index in [0.29, 0.717) is 0 Å². The average Bonchev–Trinajstić information content (AvgIpc) is 2.35. The predicted octanol–water partition coefficient (Wildman–Crippen LogP) is 1.34. The van der Waals surface area contributed by atoms with Crippen LogP contribution in [0.25, 0.3) is 0 Å². The number of rotatable bonds is 4. The van der Waals surface area contributed by atoms with Crippen LogP contribution in [0, 0.1) is 22.5 Å². The third kappa shape index (κ3) is 3.81. The number of anilines is 1. The Balaban J connectivity index is 3.15. The summed E-state index contributed by atoms with van der Waals surface area (Å²) < 4.78 is 4.70. The zero-order valence-electron chi connectivity index (χ0n) is 10.0. The van der Waals surface area contributed by atoms with Gasteiger partial charge in [0.1, 0.15) is 0 Å². The van der Waals surface area contributed by atoms with Gasteiger partial charge in [-0.05, 0) is 6.07 Å². The van der Waals surface area contributed by atoms with Gasteiger partial charge in [0.25, 0.3) is 5.69 Å². The number of hydrogen-bond acceptors (Lipinski definition) is 5. The number of non-ortho nitro benzene ring substituents is 1. The molecule has 0 fully saturated rings. The lowest BCUT2D eigenvalue weighted by Gasteiger charge is -2.08. The molecule has 0 aliphatic heterocycles. The van der Waals surface area contributed by atoms with Crippen molar-refractivity contribution in [3.05, 3.63) is 33.9 Å². The van der Waals surface area contributed by atoms with Crippen LogP contribution >= 0.6 is 0 Å². The van der Waals surface area contributed by atoms with Crippen LogP contribution in [0.1, 0.15) is 17.3 Å². The molecule has 7 nitrogen and oxygen atoms in total. The number of nitrogens with zero attached hydrogens (tertiary/aromatic N) is 1. The first-order valence-electron chi connectivity index (χ1n) is 5.12. The van der Waals surface area contributed by atoms with Gasteiger partial charge in [-0.2, -0.15) is 0 Å². The van der Waals surface area contributed by atoms with Crippen molar-refractivity contribution >= 4 is 23.3 Å². The largest absolute Gasteiger partial charge is 0.449 e. The van der Waals surface area contributed by atoms with Crippen molar-refractivity contribution in [2.75, 3.05) is 11.9 Å². The lowest BCUT2D eigenvalue weighted by atomic mass is 10.1. The van der Waals surface area contributed by atoms with Gasteiger partial charge in [-0.15, -0.1) is 6.42 Å². The maximum absolute atomic E-state index is 11.6. The molecular weight excluding hydrogens is 252 g/mol. The van der Waals surface area contributed by atoms with E-state index in [1.165, 1.54) is 13.0 Å². The van der Waals surface area contributed by atoms with Crippen LogP contribution in [0.3, 0.4) is 0 Å². The first-order valence-corrected chi connectivity index (χ1v) is 5.12. The smallest absolute Gasteiger partial charge is 0.341 e. The molecule has 0 spiro atoms. The number of nitrogens with one attached hydrogen (secondary N) is 1. The fraction of sp³-hybridized carbons (Fsp3) is 0.167. The molecule has 1 aromatic rings. The Bertz CT molecular complexity index is 574. The van der Waals surface area contributed by atoms with Crippen molar-refractivity contribution in [2.24, 2.45) is 0 Å². The van der Waals surface area contributed by atoms with Gasteiger partial charge in [0.05, 0.1) is 16.2 Å². The number of hydrogen-bond donors (Lipinski definition) is 1. The summed E-state index contributed by atoms with van der Waals surface area (Å²) in [4.78, 5) is 32.7. The number of amides is 1. The Hall–Kier alpha value is -2.88. The van der Waals surface area contributed by atoms with E-state index in [9.17, 15) is 19.7 Å². The van der Waals surface area contributed by atoms with E-state index in [4.69, 9.17) is 11.2 Å². The van der Waals surface area contributed by atoms with Crippen molar-refractivity contribution < 1.29 is 19.2 Å². The Morgan fingerprint density at radius 2 is 2.21 bits per heavy atom. The molecule has 0 bridgehead atoms. The second-order valence-corrected chi connectivity index (χ2v) is 3.45. The molecule has 1 rings (SSSR count). The van der Waals surface area contributed by atoms with Gasteiger partial charge >= 0.3 is 5.97 Å². The molecule has 0 aromatic heterocycles. The van der Waals surface area contributed by atoms with Crippen LogP contribution in [-0.2, 0) is 9.53 Å². The van der Waals surface area contributed by atoms with Crippen molar-refractivity contribution in [3.63, 3.8) is 0 Å². The summed E-state index contributed by atoms with van der Waals surface area (Å²) in [6.07, 6.45) is 4.95. The average molecular weight is 262 g/mol. The van der Waals surface area contributed by atoms with E-state index < -0.39 is 16.8 Å². The zero-order chi connectivity index (χ0) is 14.4. The number of esters is 1. The molecule has 0 heterocycles. The lowest BCUT2D eigenvalue weighted by molar-refractivity contribution is -0.384. The number of nitro groups is 1. The molecule has 0 radical (unpaired) electrons. The molecule has 0 unspecified atom stereocenters. The number of terminal acetylenes is 1. The van der Waals surface area contributed by atoms with E-state index in [1.54, 1.807) is 0 Å². The Labute approximate surface area is 108 Å². The maximum Gasteiger partial charge on any atom is 0.341 e. The molecule has 1 N–H and O–H groups in total. The van der Waals surface area contributed by atoms with E-state index in [1.807, 2.05) is 0 Å². The molecule has 1 aromatic carbocycles.